The minimum Gasteiger partial charge on any atom is -0.336 e. The van der Waals surface area contributed by atoms with E-state index >= 15 is 0 Å². The smallest absolute Gasteiger partial charge is 0.283 e. The average molecular weight is 437 g/mol. The Morgan fingerprint density at radius 3 is 2.45 bits per heavy atom. The number of nitrogens with zero attached hydrogens (tertiary/aromatic N) is 3. The van der Waals surface area contributed by atoms with Crippen molar-refractivity contribution in [2.45, 2.75) is 13.5 Å². The van der Waals surface area contributed by atoms with Crippen LogP contribution < -0.4 is 0 Å². The molecule has 0 radical (unpaired) electrons. The van der Waals surface area contributed by atoms with Crippen molar-refractivity contribution in [1.29, 1.82) is 0 Å². The van der Waals surface area contributed by atoms with Crippen molar-refractivity contribution in [2.24, 2.45) is 5.10 Å². The molecule has 6 heteroatoms. The summed E-state index contributed by atoms with van der Waals surface area (Å²) in [6.07, 6.45) is 1.72. The largest absolute Gasteiger partial charge is 0.336 e. The molecule has 0 saturated heterocycles. The Morgan fingerprint density at radius 2 is 1.67 bits per heavy atom. The van der Waals surface area contributed by atoms with E-state index in [1.807, 2.05) is 34.9 Å². The highest BCUT2D eigenvalue weighted by Crippen LogP contribution is 2.26. The average Bonchev–Trinajstić information content (AvgIpc) is 3.32. The number of halogens is 1. The van der Waals surface area contributed by atoms with E-state index < -0.39 is 11.8 Å². The number of carbonyl (C=O) groups excluding carboxylic acids is 2. The Hall–Kier alpha value is -4.32. The lowest BCUT2D eigenvalue weighted by Crippen LogP contribution is -2.29. The van der Waals surface area contributed by atoms with Crippen molar-refractivity contribution >= 4 is 34.5 Å². The Balaban J connectivity index is 1.55. The molecule has 0 fully saturated rings. The second-order valence-electron chi connectivity index (χ2n) is 7.84. The number of hydrogen-bond donors (Lipinski definition) is 0. The lowest BCUT2D eigenvalue weighted by molar-refractivity contribution is -0.123. The summed E-state index contributed by atoms with van der Waals surface area (Å²) in [4.78, 5) is 25.9. The van der Waals surface area contributed by atoms with E-state index in [1.165, 1.54) is 6.07 Å². The summed E-state index contributed by atoms with van der Waals surface area (Å²) in [7, 11) is 0. The molecule has 2 amide bonds. The van der Waals surface area contributed by atoms with Crippen LogP contribution in [0.3, 0.4) is 0 Å². The van der Waals surface area contributed by atoms with E-state index in [-0.39, 0.29) is 5.82 Å². The summed E-state index contributed by atoms with van der Waals surface area (Å²) in [6, 6.07) is 24.9. The highest BCUT2D eigenvalue weighted by Gasteiger charge is 2.33. The fourth-order valence-electron chi connectivity index (χ4n) is 4.00. The number of imide groups is 1. The number of para-hydroxylation sites is 1. The van der Waals surface area contributed by atoms with Crippen LogP contribution in [-0.4, -0.2) is 27.1 Å². The summed E-state index contributed by atoms with van der Waals surface area (Å²) in [5, 5.41) is 6.09. The third-order valence-corrected chi connectivity index (χ3v) is 5.70. The number of benzene rings is 3. The van der Waals surface area contributed by atoms with Crippen LogP contribution in [-0.2, 0) is 11.3 Å². The minimum atomic E-state index is -0.482. The monoisotopic (exact) mass is 437 g/mol. The molecule has 4 aromatic rings. The van der Waals surface area contributed by atoms with Gasteiger partial charge in [-0.3, -0.25) is 9.59 Å². The standard InChI is InChI=1S/C27H20FN3O2/c1-18-23(27(33)31(29-18)26(32)19-9-3-2-4-10-19)16-22-15-20-11-6-8-14-25(20)30(22)17-21-12-5-7-13-24(21)28/h2-16H,17H2,1H3/b23-16+. The van der Waals surface area contributed by atoms with E-state index in [0.29, 0.717) is 29.0 Å². The van der Waals surface area contributed by atoms with Gasteiger partial charge in [0, 0.05) is 27.7 Å². The first-order valence-electron chi connectivity index (χ1n) is 10.6. The van der Waals surface area contributed by atoms with Gasteiger partial charge in [0.15, 0.2) is 0 Å². The van der Waals surface area contributed by atoms with E-state index in [1.54, 1.807) is 61.5 Å². The molecular weight excluding hydrogens is 417 g/mol. The van der Waals surface area contributed by atoms with Crippen molar-refractivity contribution < 1.29 is 14.0 Å². The van der Waals surface area contributed by atoms with E-state index in [4.69, 9.17) is 0 Å². The van der Waals surface area contributed by atoms with Gasteiger partial charge in [-0.05, 0) is 43.3 Å². The fourth-order valence-corrected chi connectivity index (χ4v) is 4.00. The molecule has 1 aliphatic rings. The zero-order valence-electron chi connectivity index (χ0n) is 17.9. The summed E-state index contributed by atoms with van der Waals surface area (Å²) < 4.78 is 16.4. The lowest BCUT2D eigenvalue weighted by atomic mass is 10.1. The number of hydrogen-bond acceptors (Lipinski definition) is 3. The minimum absolute atomic E-state index is 0.289. The van der Waals surface area contributed by atoms with E-state index in [2.05, 4.69) is 5.10 Å². The highest BCUT2D eigenvalue weighted by atomic mass is 19.1. The highest BCUT2D eigenvalue weighted by molar-refractivity contribution is 6.30. The molecule has 0 atom stereocenters. The first-order chi connectivity index (χ1) is 16.0. The SMILES string of the molecule is CC1=NN(C(=O)c2ccccc2)C(=O)/C1=C/c1cc2ccccc2n1Cc1ccccc1F. The number of carbonyl (C=O) groups is 2. The second-order valence-corrected chi connectivity index (χ2v) is 7.84. The van der Waals surface area contributed by atoms with E-state index in [9.17, 15) is 14.0 Å². The topological polar surface area (TPSA) is 54.7 Å². The maximum Gasteiger partial charge on any atom is 0.283 e. The van der Waals surface area contributed by atoms with Gasteiger partial charge in [-0.2, -0.15) is 10.1 Å². The second kappa shape index (κ2) is 8.31. The zero-order chi connectivity index (χ0) is 22.9. The molecule has 0 unspecified atom stereocenters. The first-order valence-corrected chi connectivity index (χ1v) is 10.6. The van der Waals surface area contributed by atoms with Gasteiger partial charge >= 0.3 is 0 Å². The molecule has 0 spiro atoms. The van der Waals surface area contributed by atoms with Gasteiger partial charge in [0.1, 0.15) is 5.82 Å². The summed E-state index contributed by atoms with van der Waals surface area (Å²) in [5.74, 6) is -1.25. The molecule has 162 valence electrons. The summed E-state index contributed by atoms with van der Waals surface area (Å²) in [5.41, 5.74) is 3.36. The van der Waals surface area contributed by atoms with Gasteiger partial charge in [-0.25, -0.2) is 4.39 Å². The van der Waals surface area contributed by atoms with Crippen LogP contribution in [0.1, 0.15) is 28.5 Å². The van der Waals surface area contributed by atoms with Crippen LogP contribution in [0.2, 0.25) is 0 Å². The molecule has 2 heterocycles. The van der Waals surface area contributed by atoms with Crippen LogP contribution in [0, 0.1) is 5.82 Å². The Kier molecular flexibility index (Phi) is 5.18. The number of aromatic nitrogens is 1. The van der Waals surface area contributed by atoms with Crippen molar-refractivity contribution in [3.63, 3.8) is 0 Å². The van der Waals surface area contributed by atoms with Crippen LogP contribution in [0.25, 0.3) is 17.0 Å². The maximum absolute atomic E-state index is 14.4. The van der Waals surface area contributed by atoms with Crippen LogP contribution in [0.5, 0.6) is 0 Å². The van der Waals surface area contributed by atoms with Gasteiger partial charge in [0.05, 0.1) is 17.8 Å². The zero-order valence-corrected chi connectivity index (χ0v) is 17.9. The fraction of sp³-hybridized carbons (Fsp3) is 0.0741. The maximum atomic E-state index is 14.4. The van der Waals surface area contributed by atoms with Gasteiger partial charge in [0.25, 0.3) is 11.8 Å². The third-order valence-electron chi connectivity index (χ3n) is 5.70. The van der Waals surface area contributed by atoms with Crippen molar-refractivity contribution in [3.8, 4) is 0 Å². The van der Waals surface area contributed by atoms with Gasteiger partial charge in [0.2, 0.25) is 0 Å². The Bertz CT molecular complexity index is 1450. The quantitative estimate of drug-likeness (QED) is 0.323. The normalized spacial score (nSPS) is 14.8. The lowest BCUT2D eigenvalue weighted by Gasteiger charge is -2.11. The number of hydrazone groups is 1. The molecule has 5 rings (SSSR count). The van der Waals surface area contributed by atoms with Crippen molar-refractivity contribution in [3.05, 3.63) is 113 Å². The molecule has 0 bridgehead atoms. The molecule has 0 saturated carbocycles. The van der Waals surface area contributed by atoms with Gasteiger partial charge in [-0.1, -0.05) is 54.6 Å². The number of fused-ring (bicyclic) bond motifs is 1. The Morgan fingerprint density at radius 1 is 0.970 bits per heavy atom. The molecule has 33 heavy (non-hydrogen) atoms. The van der Waals surface area contributed by atoms with E-state index in [0.717, 1.165) is 21.6 Å². The third kappa shape index (κ3) is 3.76. The first kappa shape index (κ1) is 20.6. The summed E-state index contributed by atoms with van der Waals surface area (Å²) in [6.45, 7) is 2.00. The predicted molar refractivity (Wildman–Crippen MR) is 126 cm³/mol. The van der Waals surface area contributed by atoms with Gasteiger partial charge in [-0.15, -0.1) is 0 Å². The number of rotatable bonds is 4. The molecule has 5 nitrogen and oxygen atoms in total. The summed E-state index contributed by atoms with van der Waals surface area (Å²) >= 11 is 0. The van der Waals surface area contributed by atoms with Crippen LogP contribution in [0.4, 0.5) is 4.39 Å². The number of amides is 2. The molecule has 0 N–H and O–H groups in total. The molecule has 3 aromatic carbocycles. The van der Waals surface area contributed by atoms with Crippen molar-refractivity contribution in [1.82, 2.24) is 9.58 Å². The molecule has 1 aromatic heterocycles. The molecule has 0 aliphatic carbocycles. The van der Waals surface area contributed by atoms with Crippen LogP contribution >= 0.6 is 0 Å². The molecule has 1 aliphatic heterocycles. The van der Waals surface area contributed by atoms with Crippen LogP contribution in [0.15, 0.2) is 95.6 Å². The molecular formula is C27H20FN3O2. The predicted octanol–water partition coefficient (Wildman–Crippen LogP) is 5.27. The van der Waals surface area contributed by atoms with Gasteiger partial charge < -0.3 is 4.57 Å². The van der Waals surface area contributed by atoms with Crippen molar-refractivity contribution in [2.75, 3.05) is 0 Å². The Labute approximate surface area is 190 Å².